The van der Waals surface area contributed by atoms with Gasteiger partial charge in [0, 0.05) is 12.6 Å². The molecule has 0 bridgehead atoms. The predicted molar refractivity (Wildman–Crippen MR) is 88.3 cm³/mol. The van der Waals surface area contributed by atoms with Crippen molar-refractivity contribution in [1.82, 2.24) is 14.9 Å². The van der Waals surface area contributed by atoms with Gasteiger partial charge in [0.2, 0.25) is 0 Å². The van der Waals surface area contributed by atoms with E-state index in [0.29, 0.717) is 6.04 Å². The molecule has 1 saturated carbocycles. The first-order valence-corrected chi connectivity index (χ1v) is 8.47. The van der Waals surface area contributed by atoms with Gasteiger partial charge >= 0.3 is 0 Å². The van der Waals surface area contributed by atoms with Crippen LogP contribution in [0.4, 0.5) is 0 Å². The molecule has 0 radical (unpaired) electrons. The minimum Gasteiger partial charge on any atom is -0.327 e. The maximum atomic E-state index is 4.83. The van der Waals surface area contributed by atoms with Crippen LogP contribution in [0, 0.1) is 5.92 Å². The lowest BCUT2D eigenvalue weighted by Crippen LogP contribution is -2.32. The summed E-state index contributed by atoms with van der Waals surface area (Å²) in [6, 6.07) is 9.08. The number of rotatable bonds is 6. The Morgan fingerprint density at radius 3 is 2.81 bits per heavy atom. The number of aromatic nitrogens is 2. The molecule has 1 aromatic heterocycles. The topological polar surface area (TPSA) is 29.9 Å². The van der Waals surface area contributed by atoms with Crippen molar-refractivity contribution in [1.29, 1.82) is 0 Å². The van der Waals surface area contributed by atoms with Crippen LogP contribution in [0.2, 0.25) is 0 Å². The number of fused-ring (bicyclic) bond motifs is 1. The largest absolute Gasteiger partial charge is 0.327 e. The number of hydrogen-bond donors (Lipinski definition) is 1. The smallest absolute Gasteiger partial charge is 0.123 e. The molecular weight excluding hydrogens is 258 g/mol. The Balaban J connectivity index is 1.74. The summed E-state index contributed by atoms with van der Waals surface area (Å²) in [5, 5.41) is 3.72. The average Bonchev–Trinajstić information content (AvgIpc) is 3.14. The Kier molecular flexibility index (Phi) is 4.59. The molecule has 3 heteroatoms. The zero-order valence-corrected chi connectivity index (χ0v) is 13.3. The van der Waals surface area contributed by atoms with Gasteiger partial charge in [-0.05, 0) is 44.2 Å². The third kappa shape index (κ3) is 3.13. The maximum Gasteiger partial charge on any atom is 0.123 e. The van der Waals surface area contributed by atoms with Crippen molar-refractivity contribution in [2.45, 2.75) is 65.1 Å². The molecule has 0 unspecified atom stereocenters. The van der Waals surface area contributed by atoms with Crippen LogP contribution in [0.25, 0.3) is 11.0 Å². The average molecular weight is 285 g/mol. The minimum absolute atomic E-state index is 0.599. The summed E-state index contributed by atoms with van der Waals surface area (Å²) in [5.41, 5.74) is 2.39. The van der Waals surface area contributed by atoms with E-state index in [1.165, 1.54) is 37.0 Å². The molecule has 0 aliphatic heterocycles. The lowest BCUT2D eigenvalue weighted by Gasteiger charge is -2.20. The number of aryl methyl sites for hydroxylation is 1. The van der Waals surface area contributed by atoms with Crippen LogP contribution >= 0.6 is 0 Å². The molecule has 1 atom stereocenters. The second-order valence-electron chi connectivity index (χ2n) is 6.38. The number of imidazole rings is 1. The zero-order valence-electron chi connectivity index (χ0n) is 13.3. The fourth-order valence-corrected chi connectivity index (χ4v) is 3.61. The summed E-state index contributed by atoms with van der Waals surface area (Å²) >= 11 is 0. The first-order chi connectivity index (χ1) is 10.3. The molecule has 2 aromatic rings. The van der Waals surface area contributed by atoms with Gasteiger partial charge in [0.1, 0.15) is 5.82 Å². The monoisotopic (exact) mass is 285 g/mol. The molecule has 114 valence electrons. The van der Waals surface area contributed by atoms with E-state index in [0.717, 1.165) is 30.9 Å². The van der Waals surface area contributed by atoms with Crippen LogP contribution in [-0.4, -0.2) is 15.6 Å². The Morgan fingerprint density at radius 2 is 2.05 bits per heavy atom. The number of benzene rings is 1. The lowest BCUT2D eigenvalue weighted by molar-refractivity contribution is 0.374. The number of nitrogens with zero attached hydrogens (tertiary/aromatic N) is 2. The molecule has 3 nitrogen and oxygen atoms in total. The summed E-state index contributed by atoms with van der Waals surface area (Å²) in [4.78, 5) is 4.83. The van der Waals surface area contributed by atoms with Gasteiger partial charge in [0.15, 0.2) is 0 Å². The molecule has 1 heterocycles. The van der Waals surface area contributed by atoms with Gasteiger partial charge < -0.3 is 9.88 Å². The van der Waals surface area contributed by atoms with Crippen molar-refractivity contribution in [3.05, 3.63) is 30.1 Å². The first kappa shape index (κ1) is 14.6. The van der Waals surface area contributed by atoms with Gasteiger partial charge in [-0.25, -0.2) is 4.98 Å². The summed E-state index contributed by atoms with van der Waals surface area (Å²) in [5.74, 6) is 2.04. The zero-order chi connectivity index (χ0) is 14.7. The predicted octanol–water partition coefficient (Wildman–Crippen LogP) is 4.11. The summed E-state index contributed by atoms with van der Waals surface area (Å²) < 4.78 is 2.38. The Morgan fingerprint density at radius 1 is 1.29 bits per heavy atom. The van der Waals surface area contributed by atoms with Gasteiger partial charge in [-0.15, -0.1) is 0 Å². The van der Waals surface area contributed by atoms with Crippen molar-refractivity contribution < 1.29 is 0 Å². The third-order valence-corrected chi connectivity index (χ3v) is 4.87. The molecule has 1 aliphatic carbocycles. The second kappa shape index (κ2) is 6.61. The number of para-hydroxylation sites is 2. The van der Waals surface area contributed by atoms with Crippen molar-refractivity contribution in [3.8, 4) is 0 Å². The summed E-state index contributed by atoms with van der Waals surface area (Å²) in [7, 11) is 0. The standard InChI is InChI=1S/C18H27N3/c1-3-12-21-17-11-7-6-10-16(17)20-18(21)13-19-14(2)15-8-4-5-9-15/h6-7,10-11,14-15,19H,3-5,8-9,12-13H2,1-2H3/t14-/m1/s1. The Bertz CT molecular complexity index is 581. The summed E-state index contributed by atoms with van der Waals surface area (Å²) in [6.07, 6.45) is 6.74. The van der Waals surface area contributed by atoms with Crippen LogP contribution in [0.3, 0.4) is 0 Å². The minimum atomic E-state index is 0.599. The van der Waals surface area contributed by atoms with Crippen molar-refractivity contribution >= 4 is 11.0 Å². The van der Waals surface area contributed by atoms with E-state index in [1.54, 1.807) is 0 Å². The van der Waals surface area contributed by atoms with E-state index < -0.39 is 0 Å². The van der Waals surface area contributed by atoms with Crippen molar-refractivity contribution in [2.24, 2.45) is 5.92 Å². The fourth-order valence-electron chi connectivity index (χ4n) is 3.61. The van der Waals surface area contributed by atoms with Crippen LogP contribution in [0.5, 0.6) is 0 Å². The highest BCUT2D eigenvalue weighted by Crippen LogP contribution is 2.27. The molecule has 1 aliphatic rings. The fraction of sp³-hybridized carbons (Fsp3) is 0.611. The molecule has 0 amide bonds. The first-order valence-electron chi connectivity index (χ1n) is 8.47. The van der Waals surface area contributed by atoms with Gasteiger partial charge in [0.05, 0.1) is 17.6 Å². The van der Waals surface area contributed by atoms with Gasteiger partial charge in [-0.2, -0.15) is 0 Å². The second-order valence-corrected chi connectivity index (χ2v) is 6.38. The van der Waals surface area contributed by atoms with E-state index in [4.69, 9.17) is 4.98 Å². The van der Waals surface area contributed by atoms with E-state index in [-0.39, 0.29) is 0 Å². The highest BCUT2D eigenvalue weighted by molar-refractivity contribution is 5.75. The van der Waals surface area contributed by atoms with Crippen LogP contribution < -0.4 is 5.32 Å². The Hall–Kier alpha value is -1.35. The molecule has 1 aromatic carbocycles. The lowest BCUT2D eigenvalue weighted by atomic mass is 10.00. The number of nitrogens with one attached hydrogen (secondary N) is 1. The molecule has 1 fully saturated rings. The van der Waals surface area contributed by atoms with E-state index in [2.05, 4.69) is 48.0 Å². The molecule has 1 N–H and O–H groups in total. The van der Waals surface area contributed by atoms with Crippen molar-refractivity contribution in [2.75, 3.05) is 0 Å². The molecule has 21 heavy (non-hydrogen) atoms. The number of hydrogen-bond acceptors (Lipinski definition) is 2. The van der Waals surface area contributed by atoms with Crippen molar-refractivity contribution in [3.63, 3.8) is 0 Å². The van der Waals surface area contributed by atoms with Crippen LogP contribution in [0.15, 0.2) is 24.3 Å². The van der Waals surface area contributed by atoms with Crippen LogP contribution in [-0.2, 0) is 13.1 Å². The van der Waals surface area contributed by atoms with Gasteiger partial charge in [-0.3, -0.25) is 0 Å². The van der Waals surface area contributed by atoms with Gasteiger partial charge in [-0.1, -0.05) is 31.9 Å². The van der Waals surface area contributed by atoms with Gasteiger partial charge in [0.25, 0.3) is 0 Å². The highest BCUT2D eigenvalue weighted by atomic mass is 15.1. The maximum absolute atomic E-state index is 4.83. The third-order valence-electron chi connectivity index (χ3n) is 4.87. The highest BCUT2D eigenvalue weighted by Gasteiger charge is 2.21. The molecular formula is C18H27N3. The Labute approximate surface area is 127 Å². The molecule has 0 spiro atoms. The quantitative estimate of drug-likeness (QED) is 0.865. The van der Waals surface area contributed by atoms with E-state index in [1.807, 2.05) is 0 Å². The molecule has 0 saturated heterocycles. The van der Waals surface area contributed by atoms with E-state index >= 15 is 0 Å². The SMILES string of the molecule is CCCn1c(CN[C@H](C)C2CCCC2)nc2ccccc21. The summed E-state index contributed by atoms with van der Waals surface area (Å²) in [6.45, 7) is 6.50. The van der Waals surface area contributed by atoms with E-state index in [9.17, 15) is 0 Å². The molecule has 3 rings (SSSR count). The van der Waals surface area contributed by atoms with Crippen LogP contribution in [0.1, 0.15) is 51.8 Å². The normalized spacial score (nSPS) is 17.6.